The molecule has 7 aromatic carbocycles. The van der Waals surface area contributed by atoms with Gasteiger partial charge in [0.15, 0.2) is 19.2 Å². The normalized spacial score (nSPS) is 14.2. The zero-order chi connectivity index (χ0) is 38.6. The quantitative estimate of drug-likeness (QED) is 0.152. The van der Waals surface area contributed by atoms with Crippen molar-refractivity contribution in [2.75, 3.05) is 0 Å². The predicted octanol–water partition coefficient (Wildman–Crippen LogP) is 13.1. The lowest BCUT2D eigenvalue weighted by Gasteiger charge is -2.43. The molecule has 3 heterocycles. The van der Waals surface area contributed by atoms with Crippen molar-refractivity contribution in [3.8, 4) is 22.3 Å². The number of aromatic nitrogens is 2. The fourth-order valence-electron chi connectivity index (χ4n) is 8.92. The van der Waals surface area contributed by atoms with E-state index in [9.17, 15) is 0 Å². The first-order valence-corrected chi connectivity index (χ1v) is 21.5. The summed E-state index contributed by atoms with van der Waals surface area (Å²) >= 11 is 0. The highest BCUT2D eigenvalue weighted by Crippen LogP contribution is 2.62. The number of rotatable bonds is 7. The summed E-state index contributed by atoms with van der Waals surface area (Å²) in [7, 11) is -3.28. The van der Waals surface area contributed by atoms with Crippen molar-refractivity contribution in [3.63, 3.8) is 0 Å². The predicted molar refractivity (Wildman–Crippen MR) is 237 cm³/mol. The van der Waals surface area contributed by atoms with E-state index in [4.69, 9.17) is 18.8 Å². The molecule has 57 heavy (non-hydrogen) atoms. The van der Waals surface area contributed by atoms with Crippen LogP contribution in [0.5, 0.6) is 0 Å². The third kappa shape index (κ3) is 5.73. The molecular formula is C52H40N2O2Si. The van der Waals surface area contributed by atoms with Crippen molar-refractivity contribution >= 4 is 57.0 Å². The van der Waals surface area contributed by atoms with Crippen molar-refractivity contribution < 1.29 is 8.83 Å². The summed E-state index contributed by atoms with van der Waals surface area (Å²) in [6, 6.07) is 66.0. The van der Waals surface area contributed by atoms with E-state index in [1.807, 2.05) is 12.1 Å². The highest BCUT2D eigenvalue weighted by atomic mass is 28.3. The topological polar surface area (TPSA) is 52.1 Å². The Morgan fingerprint density at radius 3 is 1.11 bits per heavy atom. The van der Waals surface area contributed by atoms with Gasteiger partial charge >= 0.3 is 0 Å². The van der Waals surface area contributed by atoms with Gasteiger partial charge in [0.05, 0.1) is 0 Å². The Morgan fingerprint density at radius 1 is 0.386 bits per heavy atom. The minimum Gasteiger partial charge on any atom is -0.437 e. The molecule has 274 valence electrons. The fraction of sp³-hybridized carbons (Fsp3) is 0.0769. The minimum absolute atomic E-state index is 0.332. The first kappa shape index (κ1) is 34.7. The monoisotopic (exact) mass is 752 g/mol. The van der Waals surface area contributed by atoms with Crippen LogP contribution in [0.3, 0.4) is 0 Å². The molecule has 0 N–H and O–H groups in total. The average Bonchev–Trinajstić information content (AvgIpc) is 3.97. The van der Waals surface area contributed by atoms with Gasteiger partial charge in [0.1, 0.15) is 11.0 Å². The molecule has 0 radical (unpaired) electrons. The zero-order valence-electron chi connectivity index (χ0n) is 32.1. The van der Waals surface area contributed by atoms with Crippen LogP contribution in [0.4, 0.5) is 0 Å². The Hall–Kier alpha value is -6.82. The van der Waals surface area contributed by atoms with Gasteiger partial charge in [0.2, 0.25) is 11.8 Å². The summed E-state index contributed by atoms with van der Waals surface area (Å²) in [5.74, 6) is 1.26. The van der Waals surface area contributed by atoms with Gasteiger partial charge in [-0.15, -0.1) is 0 Å². The standard InChI is InChI=1S/C52H40N2O2Si/c1-52(2,3)57(41-27-17-8-18-28-41)48(50-53-42-33-39(29-31-44(42)55-50)35-19-9-4-10-20-35)46(37-23-13-6-14-24-37)47(38-25-15-7-16-26-38)49(57)51-54-43-34-40(30-32-45(43)56-51)36-21-11-5-12-22-36/h4-34H,1-3H3. The summed E-state index contributed by atoms with van der Waals surface area (Å²) in [6.45, 7) is 7.11. The maximum absolute atomic E-state index is 7.05. The minimum atomic E-state index is -3.28. The van der Waals surface area contributed by atoms with Gasteiger partial charge in [-0.2, -0.15) is 0 Å². The molecule has 2 aromatic heterocycles. The Morgan fingerprint density at radius 2 is 0.737 bits per heavy atom. The van der Waals surface area contributed by atoms with Gasteiger partial charge in [-0.05, 0) is 79.0 Å². The molecule has 0 saturated heterocycles. The molecule has 1 aliphatic rings. The Bertz CT molecular complexity index is 2780. The summed E-state index contributed by atoms with van der Waals surface area (Å²) in [4.78, 5) is 10.9. The summed E-state index contributed by atoms with van der Waals surface area (Å²) in [5, 5.41) is 3.14. The van der Waals surface area contributed by atoms with Crippen molar-refractivity contribution in [3.05, 3.63) is 211 Å². The third-order valence-corrected chi connectivity index (χ3v) is 17.3. The van der Waals surface area contributed by atoms with E-state index in [2.05, 4.69) is 197 Å². The molecule has 0 atom stereocenters. The highest BCUT2D eigenvalue weighted by molar-refractivity contribution is 7.23. The van der Waals surface area contributed by atoms with E-state index in [0.29, 0.717) is 11.8 Å². The van der Waals surface area contributed by atoms with Crippen LogP contribution in [0.1, 0.15) is 43.7 Å². The molecule has 0 unspecified atom stereocenters. The molecule has 0 saturated carbocycles. The van der Waals surface area contributed by atoms with Crippen molar-refractivity contribution in [2.45, 2.75) is 25.8 Å². The van der Waals surface area contributed by atoms with Crippen LogP contribution in [0.25, 0.3) is 66.0 Å². The molecule has 0 aliphatic carbocycles. The van der Waals surface area contributed by atoms with Gasteiger partial charge in [0, 0.05) is 10.4 Å². The van der Waals surface area contributed by atoms with E-state index in [0.717, 1.165) is 77.1 Å². The van der Waals surface area contributed by atoms with E-state index in [1.54, 1.807) is 0 Å². The Balaban J connectivity index is 1.33. The van der Waals surface area contributed by atoms with Crippen LogP contribution in [-0.2, 0) is 0 Å². The molecule has 0 fully saturated rings. The van der Waals surface area contributed by atoms with Gasteiger partial charge in [-0.3, -0.25) is 0 Å². The second kappa shape index (κ2) is 13.7. The maximum Gasteiger partial charge on any atom is 0.220 e. The Kier molecular flexibility index (Phi) is 8.35. The lowest BCUT2D eigenvalue weighted by molar-refractivity contribution is 0.583. The maximum atomic E-state index is 7.05. The fourth-order valence-corrected chi connectivity index (χ4v) is 15.0. The molecule has 0 amide bonds. The van der Waals surface area contributed by atoms with Crippen molar-refractivity contribution in [1.82, 2.24) is 9.97 Å². The van der Waals surface area contributed by atoms with Crippen molar-refractivity contribution in [1.29, 1.82) is 0 Å². The molecule has 0 bridgehead atoms. The molecule has 4 nitrogen and oxygen atoms in total. The number of hydrogen-bond acceptors (Lipinski definition) is 4. The molecular weight excluding hydrogens is 713 g/mol. The van der Waals surface area contributed by atoms with Gasteiger partial charge in [-0.1, -0.05) is 185 Å². The highest BCUT2D eigenvalue weighted by Gasteiger charge is 2.61. The molecule has 5 heteroatoms. The van der Waals surface area contributed by atoms with Crippen LogP contribution >= 0.6 is 0 Å². The number of allylic oxidation sites excluding steroid dienone is 2. The van der Waals surface area contributed by atoms with Gasteiger partial charge in [0.25, 0.3) is 0 Å². The first-order valence-electron chi connectivity index (χ1n) is 19.5. The van der Waals surface area contributed by atoms with E-state index >= 15 is 0 Å². The lowest BCUT2D eigenvalue weighted by atomic mass is 9.91. The van der Waals surface area contributed by atoms with Gasteiger partial charge < -0.3 is 8.83 Å². The van der Waals surface area contributed by atoms with Crippen LogP contribution in [0.15, 0.2) is 197 Å². The smallest absolute Gasteiger partial charge is 0.220 e. The lowest BCUT2D eigenvalue weighted by Crippen LogP contribution is -2.56. The van der Waals surface area contributed by atoms with Crippen LogP contribution < -0.4 is 5.19 Å². The second-order valence-corrected chi connectivity index (χ2v) is 20.3. The van der Waals surface area contributed by atoms with E-state index < -0.39 is 8.07 Å². The zero-order valence-corrected chi connectivity index (χ0v) is 33.1. The van der Waals surface area contributed by atoms with Gasteiger partial charge in [-0.25, -0.2) is 9.97 Å². The van der Waals surface area contributed by atoms with Crippen LogP contribution in [0.2, 0.25) is 5.04 Å². The Labute approximate surface area is 333 Å². The molecule has 1 aliphatic heterocycles. The number of nitrogens with zero attached hydrogens (tertiary/aromatic N) is 2. The number of hydrogen-bond donors (Lipinski definition) is 0. The number of benzene rings is 7. The summed E-state index contributed by atoms with van der Waals surface area (Å²) in [5.41, 5.74) is 12.0. The van der Waals surface area contributed by atoms with Crippen LogP contribution in [-0.4, -0.2) is 18.0 Å². The summed E-state index contributed by atoms with van der Waals surface area (Å²) < 4.78 is 14.1. The molecule has 9 aromatic rings. The molecule has 0 spiro atoms. The number of oxazole rings is 2. The number of fused-ring (bicyclic) bond motifs is 2. The SMILES string of the molecule is CC(C)(C)[Si]1(c2ccccc2)C(c2nc3cc(-c4ccccc4)ccc3o2)=C(c2ccccc2)C(c2ccccc2)=C1c1nc2cc(-c3ccccc3)ccc2o1. The second-order valence-electron chi connectivity index (χ2n) is 15.7. The first-order chi connectivity index (χ1) is 27.9. The van der Waals surface area contributed by atoms with E-state index in [1.165, 1.54) is 5.19 Å². The van der Waals surface area contributed by atoms with Crippen LogP contribution in [0, 0.1) is 0 Å². The van der Waals surface area contributed by atoms with E-state index in [-0.39, 0.29) is 5.04 Å². The van der Waals surface area contributed by atoms with Crippen molar-refractivity contribution in [2.24, 2.45) is 0 Å². The summed E-state index contributed by atoms with van der Waals surface area (Å²) in [6.07, 6.45) is 0. The average molecular weight is 753 g/mol. The molecule has 10 rings (SSSR count). The largest absolute Gasteiger partial charge is 0.437 e. The third-order valence-electron chi connectivity index (χ3n) is 11.4.